The van der Waals surface area contributed by atoms with E-state index in [2.05, 4.69) is 25.9 Å². The number of carbonyl (C=O) groups is 1. The standard InChI is InChI=1S/C14H17BrN4O2/c1-2-11-10(15)7-19-8-12(17-14(19)16-11)13(21)18-5-3-4-9(20)6-18/h7-9,20H,2-6H2,1H3. The quantitative estimate of drug-likeness (QED) is 0.891. The van der Waals surface area contributed by atoms with Gasteiger partial charge in [0.1, 0.15) is 5.69 Å². The summed E-state index contributed by atoms with van der Waals surface area (Å²) in [5.74, 6) is 0.379. The third-order valence-electron chi connectivity index (χ3n) is 3.71. The summed E-state index contributed by atoms with van der Waals surface area (Å²) < 4.78 is 2.65. The Morgan fingerprint density at radius 1 is 1.48 bits per heavy atom. The predicted octanol–water partition coefficient (Wildman–Crippen LogP) is 1.65. The molecule has 2 aromatic heterocycles. The maximum absolute atomic E-state index is 12.5. The second-order valence-corrected chi connectivity index (χ2v) is 6.12. The summed E-state index contributed by atoms with van der Waals surface area (Å²) in [6.07, 6.45) is 5.50. The second kappa shape index (κ2) is 5.73. The molecular formula is C14H17BrN4O2. The lowest BCUT2D eigenvalue weighted by Crippen LogP contribution is -2.42. The Morgan fingerprint density at radius 3 is 3.00 bits per heavy atom. The molecular weight excluding hydrogens is 336 g/mol. The molecule has 1 N–H and O–H groups in total. The number of likely N-dealkylation sites (tertiary alicyclic amines) is 1. The Hall–Kier alpha value is -1.47. The van der Waals surface area contributed by atoms with Crippen LogP contribution in [0.3, 0.4) is 0 Å². The molecule has 0 radical (unpaired) electrons. The fourth-order valence-corrected chi connectivity index (χ4v) is 3.17. The highest BCUT2D eigenvalue weighted by molar-refractivity contribution is 9.10. The van der Waals surface area contributed by atoms with Crippen molar-refractivity contribution in [2.45, 2.75) is 32.3 Å². The first-order valence-corrected chi connectivity index (χ1v) is 7.89. The maximum Gasteiger partial charge on any atom is 0.274 e. The second-order valence-electron chi connectivity index (χ2n) is 5.27. The third kappa shape index (κ3) is 2.80. The van der Waals surface area contributed by atoms with Gasteiger partial charge < -0.3 is 10.0 Å². The highest BCUT2D eigenvalue weighted by Crippen LogP contribution is 2.18. The molecule has 1 amide bonds. The number of hydrogen-bond donors (Lipinski definition) is 1. The van der Waals surface area contributed by atoms with Gasteiger partial charge in [-0.2, -0.15) is 0 Å². The first-order chi connectivity index (χ1) is 10.1. The van der Waals surface area contributed by atoms with Gasteiger partial charge in [0.2, 0.25) is 5.78 Å². The number of aliphatic hydroxyl groups is 1. The molecule has 7 heteroatoms. The van der Waals surface area contributed by atoms with E-state index in [0.29, 0.717) is 24.6 Å². The SMILES string of the molecule is CCc1nc2nc(C(=O)N3CCCC(O)C3)cn2cc1Br. The van der Waals surface area contributed by atoms with Crippen molar-refractivity contribution in [3.05, 3.63) is 28.3 Å². The Kier molecular flexibility index (Phi) is 3.95. The molecule has 6 nitrogen and oxygen atoms in total. The van der Waals surface area contributed by atoms with E-state index in [9.17, 15) is 9.90 Å². The number of carbonyl (C=O) groups excluding carboxylic acids is 1. The van der Waals surface area contributed by atoms with Gasteiger partial charge in [0.15, 0.2) is 0 Å². The van der Waals surface area contributed by atoms with E-state index in [1.807, 2.05) is 13.1 Å². The minimum absolute atomic E-state index is 0.145. The van der Waals surface area contributed by atoms with Gasteiger partial charge in [-0.3, -0.25) is 9.20 Å². The molecule has 1 aliphatic rings. The lowest BCUT2D eigenvalue weighted by atomic mass is 10.1. The van der Waals surface area contributed by atoms with Crippen LogP contribution in [0.1, 0.15) is 35.9 Å². The molecule has 0 saturated carbocycles. The summed E-state index contributed by atoms with van der Waals surface area (Å²) >= 11 is 3.47. The number of hydrogen-bond acceptors (Lipinski definition) is 4. The van der Waals surface area contributed by atoms with Gasteiger partial charge in [-0.05, 0) is 35.2 Å². The van der Waals surface area contributed by atoms with Crippen molar-refractivity contribution in [1.82, 2.24) is 19.3 Å². The fourth-order valence-electron chi connectivity index (χ4n) is 2.58. The van der Waals surface area contributed by atoms with E-state index in [4.69, 9.17) is 0 Å². The Morgan fingerprint density at radius 2 is 2.29 bits per heavy atom. The molecule has 1 aliphatic heterocycles. The number of halogens is 1. The van der Waals surface area contributed by atoms with Crippen molar-refractivity contribution in [2.75, 3.05) is 13.1 Å². The largest absolute Gasteiger partial charge is 0.391 e. The number of piperidine rings is 1. The van der Waals surface area contributed by atoms with Crippen LogP contribution in [0.4, 0.5) is 0 Å². The molecule has 1 saturated heterocycles. The molecule has 1 atom stereocenters. The lowest BCUT2D eigenvalue weighted by molar-refractivity contribution is 0.0469. The molecule has 3 heterocycles. The van der Waals surface area contributed by atoms with Crippen LogP contribution in [0.15, 0.2) is 16.9 Å². The average molecular weight is 353 g/mol. The van der Waals surface area contributed by atoms with Gasteiger partial charge in [0.25, 0.3) is 5.91 Å². The van der Waals surface area contributed by atoms with Crippen molar-refractivity contribution in [1.29, 1.82) is 0 Å². The van der Waals surface area contributed by atoms with E-state index in [1.54, 1.807) is 15.5 Å². The van der Waals surface area contributed by atoms with Crippen LogP contribution >= 0.6 is 15.9 Å². The highest BCUT2D eigenvalue weighted by Gasteiger charge is 2.25. The van der Waals surface area contributed by atoms with Gasteiger partial charge in [0, 0.05) is 25.5 Å². The van der Waals surface area contributed by atoms with E-state index >= 15 is 0 Å². The number of β-amino-alcohol motifs (C(OH)–C–C–N with tert-alkyl or cyclic N) is 1. The zero-order valence-electron chi connectivity index (χ0n) is 11.8. The molecule has 0 spiro atoms. The summed E-state index contributed by atoms with van der Waals surface area (Å²) in [6.45, 7) is 3.07. The summed E-state index contributed by atoms with van der Waals surface area (Å²) in [7, 11) is 0. The number of aryl methyl sites for hydroxylation is 1. The Bertz CT molecular complexity index is 685. The first-order valence-electron chi connectivity index (χ1n) is 7.10. The number of nitrogens with zero attached hydrogens (tertiary/aromatic N) is 4. The Labute approximate surface area is 130 Å². The summed E-state index contributed by atoms with van der Waals surface area (Å²) in [5.41, 5.74) is 1.29. The molecule has 2 aromatic rings. The van der Waals surface area contributed by atoms with Crippen molar-refractivity contribution in [3.8, 4) is 0 Å². The van der Waals surface area contributed by atoms with Crippen LogP contribution in [0, 0.1) is 0 Å². The zero-order chi connectivity index (χ0) is 15.0. The normalized spacial score (nSPS) is 19.2. The van der Waals surface area contributed by atoms with Crippen LogP contribution < -0.4 is 0 Å². The number of aromatic nitrogens is 3. The summed E-state index contributed by atoms with van der Waals surface area (Å²) in [5, 5.41) is 9.68. The van der Waals surface area contributed by atoms with Crippen molar-refractivity contribution in [2.24, 2.45) is 0 Å². The van der Waals surface area contributed by atoms with Crippen LogP contribution in [0.2, 0.25) is 0 Å². The van der Waals surface area contributed by atoms with Crippen LogP contribution in [0.25, 0.3) is 5.78 Å². The topological polar surface area (TPSA) is 70.7 Å². The minimum Gasteiger partial charge on any atom is -0.391 e. The van der Waals surface area contributed by atoms with Crippen molar-refractivity contribution >= 4 is 27.6 Å². The van der Waals surface area contributed by atoms with Crippen LogP contribution in [-0.4, -0.2) is 49.5 Å². The highest BCUT2D eigenvalue weighted by atomic mass is 79.9. The molecule has 0 aromatic carbocycles. The lowest BCUT2D eigenvalue weighted by Gasteiger charge is -2.29. The molecule has 1 unspecified atom stereocenters. The summed E-state index contributed by atoms with van der Waals surface area (Å²) in [4.78, 5) is 22.9. The predicted molar refractivity (Wildman–Crippen MR) is 81.2 cm³/mol. The number of aliphatic hydroxyl groups excluding tert-OH is 1. The van der Waals surface area contributed by atoms with Gasteiger partial charge >= 0.3 is 0 Å². The molecule has 1 fully saturated rings. The summed E-state index contributed by atoms with van der Waals surface area (Å²) in [6, 6.07) is 0. The van der Waals surface area contributed by atoms with Gasteiger partial charge in [-0.15, -0.1) is 0 Å². The van der Waals surface area contributed by atoms with Crippen LogP contribution in [0.5, 0.6) is 0 Å². The van der Waals surface area contributed by atoms with Gasteiger partial charge in [-0.25, -0.2) is 9.97 Å². The number of fused-ring (bicyclic) bond motifs is 1. The van der Waals surface area contributed by atoms with Crippen LogP contribution in [-0.2, 0) is 6.42 Å². The van der Waals surface area contributed by atoms with Crippen molar-refractivity contribution < 1.29 is 9.90 Å². The number of amides is 1. The number of imidazole rings is 1. The van der Waals surface area contributed by atoms with E-state index in [-0.39, 0.29) is 5.91 Å². The fraction of sp³-hybridized carbons (Fsp3) is 0.500. The van der Waals surface area contributed by atoms with E-state index in [0.717, 1.165) is 29.4 Å². The average Bonchev–Trinajstić information content (AvgIpc) is 2.88. The van der Waals surface area contributed by atoms with Crippen molar-refractivity contribution in [3.63, 3.8) is 0 Å². The smallest absolute Gasteiger partial charge is 0.274 e. The molecule has 21 heavy (non-hydrogen) atoms. The zero-order valence-corrected chi connectivity index (χ0v) is 13.4. The van der Waals surface area contributed by atoms with E-state index in [1.165, 1.54) is 0 Å². The monoisotopic (exact) mass is 352 g/mol. The molecule has 0 aliphatic carbocycles. The molecule has 0 bridgehead atoms. The maximum atomic E-state index is 12.5. The van der Waals surface area contributed by atoms with Gasteiger partial charge in [-0.1, -0.05) is 6.92 Å². The minimum atomic E-state index is -0.432. The molecule has 3 rings (SSSR count). The van der Waals surface area contributed by atoms with E-state index < -0.39 is 6.10 Å². The number of rotatable bonds is 2. The van der Waals surface area contributed by atoms with Gasteiger partial charge in [0.05, 0.1) is 16.3 Å². The third-order valence-corrected chi connectivity index (χ3v) is 4.38. The molecule has 112 valence electrons. The Balaban J connectivity index is 1.91. The first kappa shape index (κ1) is 14.5.